The van der Waals surface area contributed by atoms with E-state index in [-0.39, 0.29) is 5.91 Å². The highest BCUT2D eigenvalue weighted by Crippen LogP contribution is 2.31. The van der Waals surface area contributed by atoms with E-state index < -0.39 is 0 Å². The maximum absolute atomic E-state index is 13.2. The Bertz CT molecular complexity index is 1100. The molecule has 0 radical (unpaired) electrons. The number of hydrogen-bond acceptors (Lipinski definition) is 4. The number of aromatic nitrogens is 2. The molecule has 0 spiro atoms. The van der Waals surface area contributed by atoms with Crippen LogP contribution in [0.5, 0.6) is 0 Å². The quantitative estimate of drug-likeness (QED) is 0.511. The molecule has 0 aliphatic carbocycles. The van der Waals surface area contributed by atoms with E-state index in [9.17, 15) is 4.79 Å². The van der Waals surface area contributed by atoms with Crippen molar-refractivity contribution in [3.63, 3.8) is 0 Å². The van der Waals surface area contributed by atoms with Gasteiger partial charge in [-0.1, -0.05) is 49.4 Å². The minimum absolute atomic E-state index is 0.278. The summed E-state index contributed by atoms with van der Waals surface area (Å²) in [6, 6.07) is 6.24. The third-order valence-electron chi connectivity index (χ3n) is 4.97. The molecule has 6 heteroatoms. The number of anilines is 1. The van der Waals surface area contributed by atoms with Gasteiger partial charge in [0.2, 0.25) is 0 Å². The molecule has 0 unspecified atom stereocenters. The molecule has 31 heavy (non-hydrogen) atoms. The topological polar surface area (TPSA) is 62.5 Å². The van der Waals surface area contributed by atoms with Crippen LogP contribution in [0.15, 0.2) is 77.9 Å². The number of carbonyl (C=O) groups is 1. The Morgan fingerprint density at radius 1 is 1.26 bits per heavy atom. The number of aryl methyl sites for hydroxylation is 2. The van der Waals surface area contributed by atoms with Gasteiger partial charge in [-0.2, -0.15) is 5.10 Å². The summed E-state index contributed by atoms with van der Waals surface area (Å²) in [5, 5.41) is 7.81. The van der Waals surface area contributed by atoms with E-state index in [4.69, 9.17) is 5.10 Å². The molecule has 0 fully saturated rings. The van der Waals surface area contributed by atoms with Gasteiger partial charge in [0.05, 0.1) is 17.8 Å². The molecule has 1 aromatic carbocycles. The van der Waals surface area contributed by atoms with Gasteiger partial charge < -0.3 is 10.2 Å². The Balaban J connectivity index is 2.01. The van der Waals surface area contributed by atoms with Crippen LogP contribution in [0, 0.1) is 13.8 Å². The summed E-state index contributed by atoms with van der Waals surface area (Å²) in [6.45, 7) is 10.6. The number of hydrogen-bond donors (Lipinski definition) is 1. The minimum atomic E-state index is -0.278. The Hall–Kier alpha value is -3.67. The average molecular weight is 416 g/mol. The second kappa shape index (κ2) is 9.89. The predicted molar refractivity (Wildman–Crippen MR) is 128 cm³/mol. The third-order valence-corrected chi connectivity index (χ3v) is 4.97. The fourth-order valence-electron chi connectivity index (χ4n) is 3.32. The van der Waals surface area contributed by atoms with Crippen molar-refractivity contribution in [2.45, 2.75) is 33.7 Å². The van der Waals surface area contributed by atoms with Crippen LogP contribution in [-0.4, -0.2) is 33.8 Å². The second-order valence-electron chi connectivity index (χ2n) is 7.44. The second-order valence-corrected chi connectivity index (χ2v) is 7.44. The summed E-state index contributed by atoms with van der Waals surface area (Å²) in [5.41, 5.74) is 5.03. The van der Waals surface area contributed by atoms with Gasteiger partial charge in [0.25, 0.3) is 5.91 Å². The van der Waals surface area contributed by atoms with Crippen molar-refractivity contribution in [1.29, 1.82) is 0 Å². The number of carbonyl (C=O) groups excluding carboxylic acids is 1. The van der Waals surface area contributed by atoms with Crippen LogP contribution in [0.25, 0.3) is 11.3 Å². The lowest BCUT2D eigenvalue weighted by atomic mass is 10.0. The number of rotatable bonds is 7. The van der Waals surface area contributed by atoms with Crippen molar-refractivity contribution in [2.24, 2.45) is 4.99 Å². The third kappa shape index (κ3) is 5.09. The number of aliphatic imine (C=N–C) groups is 1. The Morgan fingerprint density at radius 2 is 2.06 bits per heavy atom. The molecule has 0 bridgehead atoms. The number of amides is 1. The standard InChI is InChI=1S/C25H29N5O/c1-6-8-9-15-30-17-22(23(28-30)21-16-18(3)11-12-19(21)4)27-25(31)20(7-2)24-26-13-10-14-29(24)5/h7-14,16-17H,2,6,15H2,1,3-5H3,(H,27,31)/b9-8+,24-20+. The van der Waals surface area contributed by atoms with Crippen molar-refractivity contribution in [3.05, 3.63) is 84.0 Å². The first-order chi connectivity index (χ1) is 14.9. The molecule has 6 nitrogen and oxygen atoms in total. The Labute approximate surface area is 184 Å². The lowest BCUT2D eigenvalue weighted by Crippen LogP contribution is -2.21. The van der Waals surface area contributed by atoms with E-state index in [1.54, 1.807) is 11.1 Å². The van der Waals surface area contributed by atoms with Gasteiger partial charge in [0.15, 0.2) is 0 Å². The van der Waals surface area contributed by atoms with Crippen LogP contribution in [-0.2, 0) is 11.3 Å². The van der Waals surface area contributed by atoms with Crippen LogP contribution < -0.4 is 5.32 Å². The lowest BCUT2D eigenvalue weighted by Gasteiger charge is -2.19. The molecule has 0 saturated heterocycles. The normalized spacial score (nSPS) is 14.9. The van der Waals surface area contributed by atoms with Crippen LogP contribution in [0.1, 0.15) is 24.5 Å². The van der Waals surface area contributed by atoms with E-state index in [0.29, 0.717) is 23.6 Å². The lowest BCUT2D eigenvalue weighted by molar-refractivity contribution is -0.112. The van der Waals surface area contributed by atoms with Crippen LogP contribution >= 0.6 is 0 Å². The number of allylic oxidation sites excluding steroid dienone is 3. The molecule has 1 aliphatic rings. The maximum atomic E-state index is 13.2. The number of nitrogens with one attached hydrogen (secondary N) is 1. The number of nitrogens with zero attached hydrogens (tertiary/aromatic N) is 4. The Morgan fingerprint density at radius 3 is 2.77 bits per heavy atom. The van der Waals surface area contributed by atoms with E-state index in [1.807, 2.05) is 44.0 Å². The first-order valence-corrected chi connectivity index (χ1v) is 10.4. The molecule has 1 amide bonds. The summed E-state index contributed by atoms with van der Waals surface area (Å²) < 4.78 is 1.84. The van der Waals surface area contributed by atoms with Crippen molar-refractivity contribution >= 4 is 17.8 Å². The van der Waals surface area contributed by atoms with Gasteiger partial charge in [-0.15, -0.1) is 0 Å². The molecule has 0 saturated carbocycles. The first-order valence-electron chi connectivity index (χ1n) is 10.4. The molecular formula is C25H29N5O. The molecule has 2 heterocycles. The van der Waals surface area contributed by atoms with Gasteiger partial charge >= 0.3 is 0 Å². The molecular weight excluding hydrogens is 386 g/mol. The van der Waals surface area contributed by atoms with E-state index in [0.717, 1.165) is 28.8 Å². The highest BCUT2D eigenvalue weighted by atomic mass is 16.1. The SMILES string of the molecule is C=C/C(C(=O)Nc1cn(C/C=C/CC)nc1-c1cc(C)ccc1C)=C1/N=CC=CN1C. The zero-order chi connectivity index (χ0) is 22.4. The van der Waals surface area contributed by atoms with E-state index in [1.165, 1.54) is 6.08 Å². The molecule has 0 atom stereocenters. The zero-order valence-corrected chi connectivity index (χ0v) is 18.6. The summed E-state index contributed by atoms with van der Waals surface area (Å²) in [6.07, 6.45) is 13.9. The largest absolute Gasteiger partial charge is 0.335 e. The average Bonchev–Trinajstić information content (AvgIpc) is 3.14. The van der Waals surface area contributed by atoms with Crippen LogP contribution in [0.3, 0.4) is 0 Å². The number of benzene rings is 1. The smallest absolute Gasteiger partial charge is 0.259 e. The van der Waals surface area contributed by atoms with E-state index in [2.05, 4.69) is 54.2 Å². The fraction of sp³-hybridized carbons (Fsp3) is 0.240. The minimum Gasteiger partial charge on any atom is -0.335 e. The van der Waals surface area contributed by atoms with Crippen molar-refractivity contribution in [1.82, 2.24) is 14.7 Å². The molecule has 3 rings (SSSR count). The van der Waals surface area contributed by atoms with E-state index >= 15 is 0 Å². The molecule has 1 N–H and O–H groups in total. The summed E-state index contributed by atoms with van der Waals surface area (Å²) in [4.78, 5) is 19.3. The van der Waals surface area contributed by atoms with Gasteiger partial charge in [-0.25, -0.2) is 4.99 Å². The van der Waals surface area contributed by atoms with Gasteiger partial charge in [0, 0.05) is 31.2 Å². The highest BCUT2D eigenvalue weighted by Gasteiger charge is 2.20. The molecule has 160 valence electrons. The van der Waals surface area contributed by atoms with Crippen molar-refractivity contribution < 1.29 is 4.79 Å². The first kappa shape index (κ1) is 22.0. The predicted octanol–water partition coefficient (Wildman–Crippen LogP) is 5.00. The zero-order valence-electron chi connectivity index (χ0n) is 18.6. The molecule has 1 aliphatic heterocycles. The van der Waals surface area contributed by atoms with Gasteiger partial charge in [-0.3, -0.25) is 9.48 Å². The van der Waals surface area contributed by atoms with Crippen LogP contribution in [0.2, 0.25) is 0 Å². The van der Waals surface area contributed by atoms with Crippen molar-refractivity contribution in [2.75, 3.05) is 12.4 Å². The monoisotopic (exact) mass is 415 g/mol. The van der Waals surface area contributed by atoms with Gasteiger partial charge in [-0.05, 0) is 38.0 Å². The van der Waals surface area contributed by atoms with Crippen LogP contribution in [0.4, 0.5) is 5.69 Å². The summed E-state index contributed by atoms with van der Waals surface area (Å²) in [7, 11) is 1.85. The Kier molecular flexibility index (Phi) is 7.03. The van der Waals surface area contributed by atoms with Crippen molar-refractivity contribution in [3.8, 4) is 11.3 Å². The molecule has 1 aromatic heterocycles. The highest BCUT2D eigenvalue weighted by molar-refractivity contribution is 6.08. The molecule has 2 aromatic rings. The fourth-order valence-corrected chi connectivity index (χ4v) is 3.32. The summed E-state index contributed by atoms with van der Waals surface area (Å²) >= 11 is 0. The summed E-state index contributed by atoms with van der Waals surface area (Å²) in [5.74, 6) is 0.265. The maximum Gasteiger partial charge on any atom is 0.259 e. The van der Waals surface area contributed by atoms with Gasteiger partial charge in [0.1, 0.15) is 11.5 Å².